The lowest BCUT2D eigenvalue weighted by Crippen LogP contribution is -2.08. The van der Waals surface area contributed by atoms with E-state index < -0.39 is 0 Å². The van der Waals surface area contributed by atoms with Crippen LogP contribution in [0.5, 0.6) is 18.0 Å². The molecule has 4 rings (SSSR count). The summed E-state index contributed by atoms with van der Waals surface area (Å²) in [6.45, 7) is 8.38. The van der Waals surface area contributed by atoms with Gasteiger partial charge in [0.1, 0.15) is 36.9 Å². The molecule has 0 bridgehead atoms. The van der Waals surface area contributed by atoms with Crippen LogP contribution in [0.3, 0.4) is 0 Å². The van der Waals surface area contributed by atoms with Gasteiger partial charge in [-0.25, -0.2) is 9.36 Å². The summed E-state index contributed by atoms with van der Waals surface area (Å²) in [5, 5.41) is 24.1. The predicted octanol–water partition coefficient (Wildman–Crippen LogP) is 1.08. The van der Waals surface area contributed by atoms with Crippen LogP contribution in [0.1, 0.15) is 56.9 Å². The van der Waals surface area contributed by atoms with Gasteiger partial charge in [-0.15, -0.1) is 30.2 Å². The molecule has 0 fully saturated rings. The molecule has 0 saturated heterocycles. The Kier molecular flexibility index (Phi) is 6.89. The lowest BCUT2D eigenvalue weighted by atomic mass is 10.4. The minimum atomic E-state index is 0.0160. The molecule has 0 amide bonds. The Morgan fingerprint density at radius 3 is 1.32 bits per heavy atom. The molecule has 0 aliphatic rings. The van der Waals surface area contributed by atoms with Crippen LogP contribution in [-0.4, -0.2) is 59.9 Å². The van der Waals surface area contributed by atoms with Crippen molar-refractivity contribution in [1.29, 1.82) is 0 Å². The van der Waals surface area contributed by atoms with E-state index in [1.165, 1.54) is 0 Å². The Bertz CT molecular complexity index is 1150. The fraction of sp³-hybridized carbons (Fsp3) is 0.526. The molecule has 0 atom stereocenters. The third-order valence-corrected chi connectivity index (χ3v) is 4.45. The van der Waals surface area contributed by atoms with Crippen molar-refractivity contribution in [3.63, 3.8) is 0 Å². The Morgan fingerprint density at radius 1 is 0.618 bits per heavy atom. The topological polar surface area (TPSA) is 158 Å². The quantitative estimate of drug-likeness (QED) is 0.307. The molecule has 0 unspecified atom stereocenters. The summed E-state index contributed by atoms with van der Waals surface area (Å²) in [6, 6.07) is 0.428. The van der Waals surface area contributed by atoms with E-state index in [1.807, 2.05) is 27.7 Å². The van der Waals surface area contributed by atoms with E-state index in [4.69, 9.17) is 14.2 Å². The molecule has 15 nitrogen and oxygen atoms in total. The average molecular weight is 470 g/mol. The van der Waals surface area contributed by atoms with Crippen LogP contribution in [0.15, 0.2) is 18.6 Å². The highest BCUT2D eigenvalue weighted by molar-refractivity contribution is 5.10. The summed E-state index contributed by atoms with van der Waals surface area (Å²) in [5.41, 5.74) is 1.87. The third-order valence-electron chi connectivity index (χ3n) is 4.45. The molecule has 4 aromatic heterocycles. The van der Waals surface area contributed by atoms with E-state index in [2.05, 4.69) is 45.9 Å². The Labute approximate surface area is 195 Å². The second kappa shape index (κ2) is 10.2. The highest BCUT2D eigenvalue weighted by Gasteiger charge is 2.14. The molecule has 34 heavy (non-hydrogen) atoms. The van der Waals surface area contributed by atoms with Gasteiger partial charge in [-0.05, 0) is 27.7 Å². The van der Waals surface area contributed by atoms with Crippen LogP contribution in [0, 0.1) is 0 Å². The van der Waals surface area contributed by atoms with Crippen LogP contribution < -0.4 is 14.2 Å². The predicted molar refractivity (Wildman–Crippen MR) is 115 cm³/mol. The maximum atomic E-state index is 5.71. The van der Waals surface area contributed by atoms with Crippen molar-refractivity contribution < 1.29 is 14.2 Å². The number of aromatic nitrogens is 12. The maximum Gasteiger partial charge on any atom is 0.326 e. The first-order valence-corrected chi connectivity index (χ1v) is 10.7. The Morgan fingerprint density at radius 2 is 1.00 bits per heavy atom. The lowest BCUT2D eigenvalue weighted by Gasteiger charge is -2.08. The van der Waals surface area contributed by atoms with Gasteiger partial charge >= 0.3 is 18.0 Å². The third kappa shape index (κ3) is 5.99. The van der Waals surface area contributed by atoms with Crippen molar-refractivity contribution in [3.8, 4) is 18.0 Å². The summed E-state index contributed by atoms with van der Waals surface area (Å²) in [6.07, 6.45) is 5.33. The average Bonchev–Trinajstić information content (AvgIpc) is 3.56. The zero-order chi connectivity index (χ0) is 24.1. The second-order valence-electron chi connectivity index (χ2n) is 8.00. The fourth-order valence-corrected chi connectivity index (χ4v) is 2.65. The Hall–Kier alpha value is -4.17. The molecule has 0 aliphatic heterocycles. The van der Waals surface area contributed by atoms with E-state index in [0.29, 0.717) is 17.1 Å². The molecule has 0 aliphatic carbocycles. The molecule has 0 saturated carbocycles. The normalized spacial score (nSPS) is 11.4. The Balaban J connectivity index is 1.47. The lowest BCUT2D eigenvalue weighted by molar-refractivity contribution is 0.219. The minimum absolute atomic E-state index is 0.0160. The summed E-state index contributed by atoms with van der Waals surface area (Å²) < 4.78 is 22.1. The summed E-state index contributed by atoms with van der Waals surface area (Å²) in [4.78, 5) is 12.6. The van der Waals surface area contributed by atoms with E-state index in [1.54, 1.807) is 39.7 Å². The molecular formula is C19H26N12O3. The largest absolute Gasteiger partial charge is 0.457 e. The van der Waals surface area contributed by atoms with Gasteiger partial charge in [0, 0.05) is 19.1 Å². The SMILES string of the molecule is CC(C)n1cc(COc2nc(OCc3cn(C)nn3)nc(OCc3cn(C(C)C)nn3)n2)nn1. The zero-order valence-electron chi connectivity index (χ0n) is 19.6. The van der Waals surface area contributed by atoms with E-state index in [0.717, 1.165) is 0 Å². The van der Waals surface area contributed by atoms with Crippen molar-refractivity contribution in [2.75, 3.05) is 0 Å². The number of ether oxygens (including phenoxy) is 3. The second-order valence-corrected chi connectivity index (χ2v) is 8.00. The highest BCUT2D eigenvalue weighted by atomic mass is 16.5. The number of nitrogens with zero attached hydrogens (tertiary/aromatic N) is 12. The van der Waals surface area contributed by atoms with Crippen molar-refractivity contribution in [1.82, 2.24) is 59.9 Å². The van der Waals surface area contributed by atoms with Gasteiger partial charge in [0.05, 0.1) is 18.6 Å². The molecule has 0 aromatic carbocycles. The number of aryl methyl sites for hydroxylation is 1. The monoisotopic (exact) mass is 470 g/mol. The van der Waals surface area contributed by atoms with Gasteiger partial charge in [0.15, 0.2) is 0 Å². The van der Waals surface area contributed by atoms with Gasteiger partial charge < -0.3 is 14.2 Å². The first-order chi connectivity index (χ1) is 16.4. The van der Waals surface area contributed by atoms with Gasteiger partial charge in [-0.3, -0.25) is 4.68 Å². The van der Waals surface area contributed by atoms with E-state index in [9.17, 15) is 0 Å². The van der Waals surface area contributed by atoms with Crippen LogP contribution in [0.2, 0.25) is 0 Å². The first kappa shape index (κ1) is 23.0. The van der Waals surface area contributed by atoms with Crippen LogP contribution >= 0.6 is 0 Å². The van der Waals surface area contributed by atoms with Gasteiger partial charge in [-0.1, -0.05) is 15.6 Å². The minimum Gasteiger partial charge on any atom is -0.457 e. The van der Waals surface area contributed by atoms with Gasteiger partial charge in [-0.2, -0.15) is 0 Å². The van der Waals surface area contributed by atoms with E-state index >= 15 is 0 Å². The summed E-state index contributed by atoms with van der Waals surface area (Å²) in [5.74, 6) is 0. The van der Waals surface area contributed by atoms with Crippen LogP contribution in [0.4, 0.5) is 0 Å². The highest BCUT2D eigenvalue weighted by Crippen LogP contribution is 2.18. The van der Waals surface area contributed by atoms with E-state index in [-0.39, 0.29) is 49.9 Å². The summed E-state index contributed by atoms with van der Waals surface area (Å²) in [7, 11) is 1.77. The van der Waals surface area contributed by atoms with Crippen LogP contribution in [0.25, 0.3) is 0 Å². The zero-order valence-corrected chi connectivity index (χ0v) is 19.6. The first-order valence-electron chi connectivity index (χ1n) is 10.7. The molecule has 4 aromatic rings. The number of hydrogen-bond acceptors (Lipinski definition) is 12. The molecule has 0 radical (unpaired) electrons. The number of hydrogen-bond donors (Lipinski definition) is 0. The molecular weight excluding hydrogens is 444 g/mol. The van der Waals surface area contributed by atoms with Crippen molar-refractivity contribution in [2.24, 2.45) is 7.05 Å². The van der Waals surface area contributed by atoms with Crippen molar-refractivity contribution >= 4 is 0 Å². The van der Waals surface area contributed by atoms with Crippen LogP contribution in [-0.2, 0) is 26.9 Å². The molecule has 4 heterocycles. The maximum absolute atomic E-state index is 5.71. The smallest absolute Gasteiger partial charge is 0.326 e. The molecule has 0 N–H and O–H groups in total. The molecule has 180 valence electrons. The molecule has 15 heteroatoms. The molecule has 0 spiro atoms. The van der Waals surface area contributed by atoms with Gasteiger partial charge in [0.25, 0.3) is 0 Å². The summed E-state index contributed by atoms with van der Waals surface area (Å²) >= 11 is 0. The standard InChI is InChI=1S/C19H26N12O3/c1-12(2)30-7-15(24-27-30)10-33-18-20-17(32-9-14-6-29(5)26-23-14)21-19(22-18)34-11-16-8-31(13(3)4)28-25-16/h6-8,12-13H,9-11H2,1-5H3. The number of rotatable bonds is 11. The van der Waals surface area contributed by atoms with Gasteiger partial charge in [0.2, 0.25) is 0 Å². The van der Waals surface area contributed by atoms with Crippen molar-refractivity contribution in [2.45, 2.75) is 59.6 Å². The fourth-order valence-electron chi connectivity index (χ4n) is 2.65. The van der Waals surface area contributed by atoms with Crippen molar-refractivity contribution in [3.05, 3.63) is 35.7 Å².